The standard InChI is InChI=1S/C29H36F2N4O3/c1-29(2,3)20-7-5-18(6-8-20)27(37)34-13-4-14-35(28(38)19-15-21(30)17-22(31)16-19)26(34)25(36)33-24-11-9-23(32)10-12-24/h5-8,15-17,23-24,26H,4,9-14,32H2,1-3H3,(H,33,36). The third-order valence-corrected chi connectivity index (χ3v) is 7.37. The lowest BCUT2D eigenvalue weighted by Gasteiger charge is -2.43. The summed E-state index contributed by atoms with van der Waals surface area (Å²) >= 11 is 0. The van der Waals surface area contributed by atoms with Crippen molar-refractivity contribution in [2.75, 3.05) is 13.1 Å². The van der Waals surface area contributed by atoms with Crippen molar-refractivity contribution in [3.8, 4) is 0 Å². The van der Waals surface area contributed by atoms with Gasteiger partial charge in [0.1, 0.15) is 11.6 Å². The van der Waals surface area contributed by atoms with Crippen LogP contribution in [0, 0.1) is 11.6 Å². The maximum atomic E-state index is 13.9. The van der Waals surface area contributed by atoms with E-state index in [1.54, 1.807) is 12.1 Å². The molecule has 2 aromatic carbocycles. The summed E-state index contributed by atoms with van der Waals surface area (Å²) in [5.41, 5.74) is 7.15. The molecule has 1 heterocycles. The molecule has 1 saturated carbocycles. The molecule has 3 amide bonds. The molecule has 1 saturated heterocycles. The third-order valence-electron chi connectivity index (χ3n) is 7.37. The van der Waals surface area contributed by atoms with Crippen LogP contribution in [0.1, 0.15) is 79.2 Å². The van der Waals surface area contributed by atoms with Gasteiger partial charge in [-0.25, -0.2) is 8.78 Å². The maximum absolute atomic E-state index is 13.9. The lowest BCUT2D eigenvalue weighted by atomic mass is 9.86. The van der Waals surface area contributed by atoms with Crippen molar-refractivity contribution in [2.45, 2.75) is 76.5 Å². The van der Waals surface area contributed by atoms with Crippen molar-refractivity contribution in [3.63, 3.8) is 0 Å². The number of nitrogens with one attached hydrogen (secondary N) is 1. The van der Waals surface area contributed by atoms with E-state index in [1.807, 2.05) is 12.1 Å². The van der Waals surface area contributed by atoms with Crippen LogP contribution in [-0.4, -0.2) is 58.9 Å². The van der Waals surface area contributed by atoms with Gasteiger partial charge in [0.2, 0.25) is 0 Å². The number of carbonyl (C=O) groups excluding carboxylic acids is 3. The van der Waals surface area contributed by atoms with Crippen LogP contribution in [0.4, 0.5) is 8.78 Å². The van der Waals surface area contributed by atoms with E-state index in [4.69, 9.17) is 5.73 Å². The summed E-state index contributed by atoms with van der Waals surface area (Å²) in [4.78, 5) is 43.5. The molecule has 0 spiro atoms. The second kappa shape index (κ2) is 11.2. The second-order valence-corrected chi connectivity index (χ2v) is 11.3. The summed E-state index contributed by atoms with van der Waals surface area (Å²) in [6.45, 7) is 6.65. The number of nitrogens with zero attached hydrogens (tertiary/aromatic N) is 2. The van der Waals surface area contributed by atoms with Crippen molar-refractivity contribution in [3.05, 3.63) is 70.8 Å². The molecule has 9 heteroatoms. The molecule has 1 unspecified atom stereocenters. The number of benzene rings is 2. The monoisotopic (exact) mass is 526 g/mol. The Morgan fingerprint density at radius 3 is 1.89 bits per heavy atom. The summed E-state index contributed by atoms with van der Waals surface area (Å²) in [6.07, 6.45) is 2.09. The molecular formula is C29H36F2N4O3. The smallest absolute Gasteiger partial charge is 0.264 e. The van der Waals surface area contributed by atoms with Crippen LogP contribution in [-0.2, 0) is 10.2 Å². The van der Waals surface area contributed by atoms with Crippen LogP contribution in [0.15, 0.2) is 42.5 Å². The summed E-state index contributed by atoms with van der Waals surface area (Å²) in [5.74, 6) is -3.38. The van der Waals surface area contributed by atoms with Crippen LogP contribution < -0.4 is 11.1 Å². The van der Waals surface area contributed by atoms with Gasteiger partial charge in [-0.1, -0.05) is 32.9 Å². The first-order valence-corrected chi connectivity index (χ1v) is 13.2. The fraction of sp³-hybridized carbons (Fsp3) is 0.483. The Labute approximate surface area is 222 Å². The highest BCUT2D eigenvalue weighted by Crippen LogP contribution is 2.26. The second-order valence-electron chi connectivity index (χ2n) is 11.3. The Bertz CT molecular complexity index is 1170. The minimum atomic E-state index is -1.26. The Morgan fingerprint density at radius 1 is 0.842 bits per heavy atom. The molecule has 2 fully saturated rings. The summed E-state index contributed by atoms with van der Waals surface area (Å²) in [7, 11) is 0. The van der Waals surface area contributed by atoms with E-state index >= 15 is 0 Å². The summed E-state index contributed by atoms with van der Waals surface area (Å²) < 4.78 is 27.9. The van der Waals surface area contributed by atoms with Crippen LogP contribution in [0.3, 0.4) is 0 Å². The van der Waals surface area contributed by atoms with Gasteiger partial charge in [0.15, 0.2) is 6.17 Å². The third kappa shape index (κ3) is 6.20. The number of amides is 3. The zero-order chi connectivity index (χ0) is 27.6. The SMILES string of the molecule is CC(C)(C)c1ccc(C(=O)N2CCCN(C(=O)c3cc(F)cc(F)c3)C2C(=O)NC2CCC(N)CC2)cc1. The number of carbonyl (C=O) groups is 3. The lowest BCUT2D eigenvalue weighted by Crippen LogP contribution is -2.64. The fourth-order valence-corrected chi connectivity index (χ4v) is 5.19. The molecule has 0 radical (unpaired) electrons. The topological polar surface area (TPSA) is 95.7 Å². The van der Waals surface area contributed by atoms with Gasteiger partial charge in [-0.3, -0.25) is 14.4 Å². The van der Waals surface area contributed by atoms with E-state index < -0.39 is 29.6 Å². The molecule has 2 aliphatic rings. The molecule has 204 valence electrons. The zero-order valence-electron chi connectivity index (χ0n) is 22.2. The quantitative estimate of drug-likeness (QED) is 0.631. The van der Waals surface area contributed by atoms with Gasteiger partial charge in [0.25, 0.3) is 17.7 Å². The van der Waals surface area contributed by atoms with Crippen molar-refractivity contribution in [2.24, 2.45) is 5.73 Å². The van der Waals surface area contributed by atoms with Gasteiger partial charge in [0.05, 0.1) is 0 Å². The normalized spacial score (nSPS) is 22.2. The average molecular weight is 527 g/mol. The van der Waals surface area contributed by atoms with Crippen LogP contribution in [0.2, 0.25) is 0 Å². The first-order chi connectivity index (χ1) is 17.9. The molecule has 4 rings (SSSR count). The first-order valence-electron chi connectivity index (χ1n) is 13.2. The van der Waals surface area contributed by atoms with Crippen molar-refractivity contribution in [1.29, 1.82) is 0 Å². The van der Waals surface area contributed by atoms with Crippen molar-refractivity contribution in [1.82, 2.24) is 15.1 Å². The molecule has 7 nitrogen and oxygen atoms in total. The highest BCUT2D eigenvalue weighted by molar-refractivity contribution is 6.01. The predicted octanol–water partition coefficient (Wildman–Crippen LogP) is 3.96. The molecule has 0 aromatic heterocycles. The van der Waals surface area contributed by atoms with E-state index in [0.29, 0.717) is 30.9 Å². The number of halogens is 2. The summed E-state index contributed by atoms with van der Waals surface area (Å²) in [6, 6.07) is 9.74. The molecule has 1 aliphatic carbocycles. The maximum Gasteiger partial charge on any atom is 0.264 e. The highest BCUT2D eigenvalue weighted by Gasteiger charge is 2.41. The number of nitrogens with two attached hydrogens (primary N) is 1. The first kappa shape index (κ1) is 27.7. The Hall–Kier alpha value is -3.33. The van der Waals surface area contributed by atoms with Gasteiger partial charge in [-0.15, -0.1) is 0 Å². The van der Waals surface area contributed by atoms with Crippen LogP contribution in [0.5, 0.6) is 0 Å². The molecular weight excluding hydrogens is 490 g/mol. The number of rotatable bonds is 4. The molecule has 1 aliphatic heterocycles. The zero-order valence-corrected chi connectivity index (χ0v) is 22.2. The lowest BCUT2D eigenvalue weighted by molar-refractivity contribution is -0.133. The average Bonchev–Trinajstić information content (AvgIpc) is 2.87. The van der Waals surface area contributed by atoms with Crippen molar-refractivity contribution < 1.29 is 23.2 Å². The van der Waals surface area contributed by atoms with Gasteiger partial charge in [0, 0.05) is 42.4 Å². The van der Waals surface area contributed by atoms with Gasteiger partial charge < -0.3 is 20.9 Å². The molecule has 0 bridgehead atoms. The Balaban J connectivity index is 1.65. The van der Waals surface area contributed by atoms with Gasteiger partial charge in [-0.05, 0) is 67.3 Å². The predicted molar refractivity (Wildman–Crippen MR) is 140 cm³/mol. The highest BCUT2D eigenvalue weighted by atomic mass is 19.1. The van der Waals surface area contributed by atoms with E-state index in [0.717, 1.165) is 30.5 Å². The molecule has 38 heavy (non-hydrogen) atoms. The minimum Gasteiger partial charge on any atom is -0.350 e. The minimum absolute atomic E-state index is 0.0907. The van der Waals surface area contributed by atoms with Crippen LogP contribution in [0.25, 0.3) is 0 Å². The van der Waals surface area contributed by atoms with E-state index in [2.05, 4.69) is 26.1 Å². The van der Waals surface area contributed by atoms with Crippen LogP contribution >= 0.6 is 0 Å². The molecule has 1 atom stereocenters. The Morgan fingerprint density at radius 2 is 1.37 bits per heavy atom. The van der Waals surface area contributed by atoms with Gasteiger partial charge >= 0.3 is 0 Å². The van der Waals surface area contributed by atoms with Gasteiger partial charge in [-0.2, -0.15) is 0 Å². The van der Waals surface area contributed by atoms with E-state index in [1.165, 1.54) is 9.80 Å². The Kier molecular flexibility index (Phi) is 8.16. The number of hydrogen-bond donors (Lipinski definition) is 2. The summed E-state index contributed by atoms with van der Waals surface area (Å²) in [5, 5.41) is 3.00. The molecule has 3 N–H and O–H groups in total. The fourth-order valence-electron chi connectivity index (χ4n) is 5.19. The van der Waals surface area contributed by atoms with E-state index in [-0.39, 0.29) is 42.1 Å². The van der Waals surface area contributed by atoms with E-state index in [9.17, 15) is 23.2 Å². The number of hydrogen-bond acceptors (Lipinski definition) is 4. The largest absolute Gasteiger partial charge is 0.350 e. The molecule has 2 aromatic rings. The van der Waals surface area contributed by atoms with Crippen molar-refractivity contribution >= 4 is 17.7 Å².